The third-order valence-electron chi connectivity index (χ3n) is 3.00. The highest BCUT2D eigenvalue weighted by Gasteiger charge is 2.17. The van der Waals surface area contributed by atoms with Gasteiger partial charge in [-0.05, 0) is 53.3 Å². The van der Waals surface area contributed by atoms with Crippen LogP contribution in [0.3, 0.4) is 0 Å². The minimum absolute atomic E-state index is 0.0603. The molecule has 0 spiro atoms. The minimum Gasteiger partial charge on any atom is -0.230 e. The van der Waals surface area contributed by atoms with Crippen LogP contribution in [0.15, 0.2) is 24.4 Å². The van der Waals surface area contributed by atoms with Crippen LogP contribution in [0.5, 0.6) is 0 Å². The molecule has 0 atom stereocenters. The molecule has 0 saturated carbocycles. The molecule has 3 aromatic rings. The topological polar surface area (TPSA) is 30.7 Å². The number of aryl methyl sites for hydroxylation is 1. The smallest absolute Gasteiger partial charge is 0.212 e. The predicted octanol–water partition coefficient (Wildman–Crippen LogP) is 4.27. The number of fused-ring (bicyclic) bond motifs is 1. The molecule has 0 radical (unpaired) electrons. The zero-order valence-electron chi connectivity index (χ0n) is 10.2. The molecular weight excluding hydrogens is 399 g/mol. The first-order valence-electron chi connectivity index (χ1n) is 5.64. The Balaban J connectivity index is 2.37. The lowest BCUT2D eigenvalue weighted by Crippen LogP contribution is -1.99. The minimum atomic E-state index is -0.569. The zero-order chi connectivity index (χ0) is 14.4. The standard InChI is InChI=1S/C13H7ClF2IN3/c1-6-11(14)9(15)4-8-12(6)20(19-13(8)17)7-2-3-10(16)18-5-7/h2-5H,1H3. The van der Waals surface area contributed by atoms with E-state index in [4.69, 9.17) is 11.6 Å². The predicted molar refractivity (Wildman–Crippen MR) is 81.2 cm³/mol. The summed E-state index contributed by atoms with van der Waals surface area (Å²) in [6.07, 6.45) is 1.37. The van der Waals surface area contributed by atoms with Crippen LogP contribution < -0.4 is 0 Å². The third kappa shape index (κ3) is 2.07. The van der Waals surface area contributed by atoms with Crippen molar-refractivity contribution in [3.05, 3.63) is 50.4 Å². The highest BCUT2D eigenvalue weighted by molar-refractivity contribution is 14.1. The summed E-state index contributed by atoms with van der Waals surface area (Å²) in [6.45, 7) is 1.72. The Hall–Kier alpha value is -1.28. The molecule has 0 bridgehead atoms. The van der Waals surface area contributed by atoms with Crippen LogP contribution in [-0.2, 0) is 0 Å². The highest BCUT2D eigenvalue weighted by atomic mass is 127. The molecule has 102 valence electrons. The molecular formula is C13H7ClF2IN3. The summed E-state index contributed by atoms with van der Waals surface area (Å²) in [4.78, 5) is 3.60. The van der Waals surface area contributed by atoms with E-state index in [-0.39, 0.29) is 5.02 Å². The molecule has 20 heavy (non-hydrogen) atoms. The number of halogens is 4. The van der Waals surface area contributed by atoms with E-state index in [2.05, 4.69) is 10.1 Å². The van der Waals surface area contributed by atoms with E-state index in [1.54, 1.807) is 17.7 Å². The third-order valence-corrected chi connectivity index (χ3v) is 4.26. The quantitative estimate of drug-likeness (QED) is 0.447. The maximum Gasteiger partial charge on any atom is 0.212 e. The fourth-order valence-electron chi connectivity index (χ4n) is 2.05. The van der Waals surface area contributed by atoms with Crippen molar-refractivity contribution >= 4 is 45.1 Å². The van der Waals surface area contributed by atoms with E-state index in [0.717, 1.165) is 0 Å². The molecule has 3 rings (SSSR count). The Morgan fingerprint density at radius 3 is 2.70 bits per heavy atom. The van der Waals surface area contributed by atoms with Crippen molar-refractivity contribution in [1.29, 1.82) is 0 Å². The van der Waals surface area contributed by atoms with Gasteiger partial charge in [0, 0.05) is 5.39 Å². The molecule has 0 fully saturated rings. The lowest BCUT2D eigenvalue weighted by Gasteiger charge is -2.07. The van der Waals surface area contributed by atoms with Crippen LogP contribution in [0.1, 0.15) is 5.56 Å². The van der Waals surface area contributed by atoms with E-state index in [9.17, 15) is 8.78 Å². The molecule has 2 heterocycles. The van der Waals surface area contributed by atoms with Crippen molar-refractivity contribution in [2.24, 2.45) is 0 Å². The number of hydrogen-bond acceptors (Lipinski definition) is 2. The van der Waals surface area contributed by atoms with Crippen LogP contribution in [0, 0.1) is 22.4 Å². The van der Waals surface area contributed by atoms with E-state index in [0.29, 0.717) is 25.9 Å². The Bertz CT molecular complexity index is 815. The fraction of sp³-hybridized carbons (Fsp3) is 0.0769. The first kappa shape index (κ1) is 13.7. The van der Waals surface area contributed by atoms with Gasteiger partial charge in [0.05, 0.1) is 22.4 Å². The largest absolute Gasteiger partial charge is 0.230 e. The fourth-order valence-corrected chi connectivity index (χ4v) is 2.82. The lowest BCUT2D eigenvalue weighted by molar-refractivity contribution is 0.582. The lowest BCUT2D eigenvalue weighted by atomic mass is 10.1. The second kappa shape index (κ2) is 4.92. The van der Waals surface area contributed by atoms with Gasteiger partial charge < -0.3 is 0 Å². The number of rotatable bonds is 1. The summed E-state index contributed by atoms with van der Waals surface area (Å²) < 4.78 is 28.9. The summed E-state index contributed by atoms with van der Waals surface area (Å²) in [5.74, 6) is -1.05. The molecule has 2 aromatic heterocycles. The van der Waals surface area contributed by atoms with Gasteiger partial charge in [0.25, 0.3) is 0 Å². The Kier molecular flexibility index (Phi) is 3.37. The van der Waals surface area contributed by atoms with Crippen molar-refractivity contribution in [1.82, 2.24) is 14.8 Å². The van der Waals surface area contributed by atoms with Gasteiger partial charge in [-0.2, -0.15) is 9.49 Å². The number of aromatic nitrogens is 3. The molecule has 3 nitrogen and oxygen atoms in total. The number of pyridine rings is 1. The van der Waals surface area contributed by atoms with Gasteiger partial charge in [0.2, 0.25) is 5.95 Å². The average Bonchev–Trinajstić information content (AvgIpc) is 2.74. The van der Waals surface area contributed by atoms with Gasteiger partial charge in [-0.15, -0.1) is 0 Å². The molecule has 0 amide bonds. The first-order valence-corrected chi connectivity index (χ1v) is 7.09. The molecule has 0 aliphatic rings. The first-order chi connectivity index (χ1) is 9.49. The Morgan fingerprint density at radius 1 is 1.30 bits per heavy atom. The van der Waals surface area contributed by atoms with Crippen molar-refractivity contribution in [3.8, 4) is 5.69 Å². The van der Waals surface area contributed by atoms with Crippen LogP contribution in [0.2, 0.25) is 5.02 Å². The van der Waals surface area contributed by atoms with Crippen LogP contribution in [0.4, 0.5) is 8.78 Å². The summed E-state index contributed by atoms with van der Waals surface area (Å²) in [7, 11) is 0. The van der Waals surface area contributed by atoms with Crippen molar-refractivity contribution < 1.29 is 8.78 Å². The molecule has 0 aliphatic heterocycles. The SMILES string of the molecule is Cc1c(Cl)c(F)cc2c(I)nn(-c3ccc(F)nc3)c12. The van der Waals surface area contributed by atoms with Crippen molar-refractivity contribution in [2.75, 3.05) is 0 Å². The maximum atomic E-state index is 13.7. The van der Waals surface area contributed by atoms with Crippen molar-refractivity contribution in [3.63, 3.8) is 0 Å². The van der Waals surface area contributed by atoms with Gasteiger partial charge in [0.1, 0.15) is 9.52 Å². The highest BCUT2D eigenvalue weighted by Crippen LogP contribution is 2.32. The van der Waals surface area contributed by atoms with Gasteiger partial charge >= 0.3 is 0 Å². The molecule has 0 unspecified atom stereocenters. The van der Waals surface area contributed by atoms with E-state index in [1.165, 1.54) is 18.3 Å². The van der Waals surface area contributed by atoms with Gasteiger partial charge in [0.15, 0.2) is 0 Å². The summed E-state index contributed by atoms with van der Waals surface area (Å²) >= 11 is 7.98. The van der Waals surface area contributed by atoms with Crippen LogP contribution in [0.25, 0.3) is 16.6 Å². The van der Waals surface area contributed by atoms with E-state index in [1.807, 2.05) is 22.6 Å². The Labute approximate surface area is 131 Å². The number of benzene rings is 1. The number of nitrogens with zero attached hydrogens (tertiary/aromatic N) is 3. The normalized spacial score (nSPS) is 11.2. The maximum absolute atomic E-state index is 13.7. The molecule has 0 N–H and O–H groups in total. The molecule has 1 aromatic carbocycles. The van der Waals surface area contributed by atoms with Gasteiger partial charge in [-0.3, -0.25) is 0 Å². The summed E-state index contributed by atoms with van der Waals surface area (Å²) in [6, 6.07) is 4.16. The molecule has 0 saturated heterocycles. The Morgan fingerprint density at radius 2 is 2.05 bits per heavy atom. The monoisotopic (exact) mass is 405 g/mol. The number of hydrogen-bond donors (Lipinski definition) is 0. The van der Waals surface area contributed by atoms with Crippen molar-refractivity contribution in [2.45, 2.75) is 6.92 Å². The summed E-state index contributed by atoms with van der Waals surface area (Å²) in [5.41, 5.74) is 1.86. The van der Waals surface area contributed by atoms with Gasteiger partial charge in [-0.1, -0.05) is 11.6 Å². The second-order valence-corrected chi connectivity index (χ2v) is 5.64. The summed E-state index contributed by atoms with van der Waals surface area (Å²) in [5, 5.41) is 5.07. The average molecular weight is 406 g/mol. The van der Waals surface area contributed by atoms with E-state index < -0.39 is 11.8 Å². The van der Waals surface area contributed by atoms with Crippen LogP contribution >= 0.6 is 34.2 Å². The van der Waals surface area contributed by atoms with Crippen LogP contribution in [-0.4, -0.2) is 14.8 Å². The van der Waals surface area contributed by atoms with E-state index >= 15 is 0 Å². The zero-order valence-corrected chi connectivity index (χ0v) is 13.1. The molecule has 7 heteroatoms. The van der Waals surface area contributed by atoms with Gasteiger partial charge in [-0.25, -0.2) is 14.1 Å². The second-order valence-electron chi connectivity index (χ2n) is 4.24. The molecule has 0 aliphatic carbocycles.